The van der Waals surface area contributed by atoms with Gasteiger partial charge in [0.1, 0.15) is 6.61 Å². The number of rotatable bonds is 5. The Balaban J connectivity index is 1.19. The first-order valence-electron chi connectivity index (χ1n) is 12.3. The number of hydrogen-bond donors (Lipinski definition) is 2. The van der Waals surface area contributed by atoms with Crippen molar-refractivity contribution in [3.63, 3.8) is 0 Å². The maximum absolute atomic E-state index is 12.7. The molecule has 182 valence electrons. The number of carbonyl (C=O) groups is 1. The zero-order valence-electron chi connectivity index (χ0n) is 19.5. The fourth-order valence-corrected chi connectivity index (χ4v) is 5.55. The third-order valence-corrected chi connectivity index (χ3v) is 8.09. The standard InChI is InChI=1S/C26H29ClN6O2/c27-20-7-2-1-4-17(20)15-35-22-12-18(14-29-24(22)28)21-13-23-26(9-11-33(23)31-21)8-10-32(16-26)25(34)30-19-5-3-6-19/h1-2,4,7,12-14,19H,3,5-6,8-11,15-16H2,(H2,28,29)(H,30,34)/t26-/m1/s1. The number of urea groups is 1. The number of benzene rings is 1. The predicted molar refractivity (Wildman–Crippen MR) is 134 cm³/mol. The minimum atomic E-state index is -0.0349. The molecule has 6 rings (SSSR count). The molecular formula is C26H29ClN6O2. The lowest BCUT2D eigenvalue weighted by Crippen LogP contribution is -2.47. The molecule has 1 aromatic carbocycles. The van der Waals surface area contributed by atoms with Crippen molar-refractivity contribution in [2.75, 3.05) is 18.8 Å². The molecule has 1 spiro atoms. The lowest BCUT2D eigenvalue weighted by molar-refractivity contribution is 0.193. The van der Waals surface area contributed by atoms with Gasteiger partial charge in [0.25, 0.3) is 0 Å². The third kappa shape index (κ3) is 4.10. The third-order valence-electron chi connectivity index (χ3n) is 7.72. The number of fused-ring (bicyclic) bond motifs is 2. The maximum Gasteiger partial charge on any atom is 0.317 e. The molecule has 0 unspecified atom stereocenters. The van der Waals surface area contributed by atoms with Gasteiger partial charge >= 0.3 is 6.03 Å². The van der Waals surface area contributed by atoms with E-state index >= 15 is 0 Å². The van der Waals surface area contributed by atoms with Gasteiger partial charge in [-0.1, -0.05) is 29.8 Å². The summed E-state index contributed by atoms with van der Waals surface area (Å²) >= 11 is 6.26. The number of nitrogens with zero attached hydrogens (tertiary/aromatic N) is 4. The number of nitrogens with two attached hydrogens (primary N) is 1. The quantitative estimate of drug-likeness (QED) is 0.551. The SMILES string of the molecule is Nc1ncc(-c2cc3n(n2)CC[C@@]32CCN(C(=O)NC3CCC3)C2)cc1OCc1ccccc1Cl. The molecule has 1 saturated heterocycles. The van der Waals surface area contributed by atoms with Crippen LogP contribution in [0.5, 0.6) is 5.75 Å². The molecule has 0 bridgehead atoms. The summed E-state index contributed by atoms with van der Waals surface area (Å²) in [5.41, 5.74) is 9.82. The Bertz CT molecular complexity index is 1270. The second-order valence-electron chi connectivity index (χ2n) is 9.90. The number of halogens is 1. The van der Waals surface area contributed by atoms with Crippen LogP contribution < -0.4 is 15.8 Å². The van der Waals surface area contributed by atoms with E-state index in [1.54, 1.807) is 6.20 Å². The number of hydrogen-bond acceptors (Lipinski definition) is 5. The molecule has 3 N–H and O–H groups in total. The molecule has 35 heavy (non-hydrogen) atoms. The Morgan fingerprint density at radius 3 is 2.86 bits per heavy atom. The van der Waals surface area contributed by atoms with Gasteiger partial charge < -0.3 is 20.7 Å². The molecule has 2 amide bonds. The second-order valence-corrected chi connectivity index (χ2v) is 10.3. The molecule has 3 aromatic rings. The summed E-state index contributed by atoms with van der Waals surface area (Å²) in [6.45, 7) is 2.67. The number of anilines is 1. The van der Waals surface area contributed by atoms with Crippen molar-refractivity contribution in [2.24, 2.45) is 0 Å². The van der Waals surface area contributed by atoms with Crippen molar-refractivity contribution in [2.45, 2.75) is 56.7 Å². The predicted octanol–water partition coefficient (Wildman–Crippen LogP) is 4.37. The van der Waals surface area contributed by atoms with Crippen LogP contribution in [0.2, 0.25) is 5.02 Å². The van der Waals surface area contributed by atoms with Crippen LogP contribution in [-0.4, -0.2) is 44.8 Å². The molecule has 1 atom stereocenters. The number of pyridine rings is 1. The Labute approximate surface area is 209 Å². The van der Waals surface area contributed by atoms with Crippen LogP contribution in [0.4, 0.5) is 10.6 Å². The van der Waals surface area contributed by atoms with E-state index in [2.05, 4.69) is 21.0 Å². The number of aryl methyl sites for hydroxylation is 1. The Morgan fingerprint density at radius 2 is 2.06 bits per heavy atom. The van der Waals surface area contributed by atoms with Gasteiger partial charge in [0.15, 0.2) is 11.6 Å². The van der Waals surface area contributed by atoms with Crippen molar-refractivity contribution in [3.05, 3.63) is 58.9 Å². The van der Waals surface area contributed by atoms with Crippen molar-refractivity contribution in [3.8, 4) is 17.0 Å². The summed E-state index contributed by atoms with van der Waals surface area (Å²) < 4.78 is 8.05. The summed E-state index contributed by atoms with van der Waals surface area (Å²) in [7, 11) is 0. The zero-order valence-corrected chi connectivity index (χ0v) is 20.3. The Morgan fingerprint density at radius 1 is 1.23 bits per heavy atom. The molecule has 2 fully saturated rings. The monoisotopic (exact) mass is 492 g/mol. The van der Waals surface area contributed by atoms with Gasteiger partial charge in [0, 0.05) is 59.1 Å². The Kier molecular flexibility index (Phi) is 5.56. The molecule has 4 heterocycles. The summed E-state index contributed by atoms with van der Waals surface area (Å²) in [6, 6.07) is 12.0. The van der Waals surface area contributed by atoms with E-state index in [-0.39, 0.29) is 11.4 Å². The lowest BCUT2D eigenvalue weighted by Gasteiger charge is -2.30. The first kappa shape index (κ1) is 22.2. The number of nitrogens with one attached hydrogen (secondary N) is 1. The number of amides is 2. The molecule has 2 aromatic heterocycles. The van der Waals surface area contributed by atoms with E-state index in [1.807, 2.05) is 35.2 Å². The Hall–Kier alpha value is -3.26. The van der Waals surface area contributed by atoms with E-state index < -0.39 is 0 Å². The second kappa shape index (κ2) is 8.75. The van der Waals surface area contributed by atoms with Gasteiger partial charge in [0.05, 0.1) is 5.69 Å². The van der Waals surface area contributed by atoms with E-state index in [0.29, 0.717) is 29.2 Å². The summed E-state index contributed by atoms with van der Waals surface area (Å²) in [4.78, 5) is 19.1. The van der Waals surface area contributed by atoms with Gasteiger partial charge in [-0.3, -0.25) is 4.68 Å². The molecule has 8 nitrogen and oxygen atoms in total. The molecule has 1 aliphatic carbocycles. The van der Waals surface area contributed by atoms with Crippen molar-refractivity contribution in [1.82, 2.24) is 25.0 Å². The first-order chi connectivity index (χ1) is 17.0. The minimum absolute atomic E-state index is 0.0349. The number of ether oxygens (including phenoxy) is 1. The molecular weight excluding hydrogens is 464 g/mol. The molecule has 2 aliphatic heterocycles. The van der Waals surface area contributed by atoms with Gasteiger partial charge in [-0.25, -0.2) is 9.78 Å². The first-order valence-corrected chi connectivity index (χ1v) is 12.6. The maximum atomic E-state index is 12.7. The normalized spacial score (nSPS) is 21.2. The highest BCUT2D eigenvalue weighted by Crippen LogP contribution is 2.44. The van der Waals surface area contributed by atoms with Crippen LogP contribution in [0.3, 0.4) is 0 Å². The van der Waals surface area contributed by atoms with Crippen LogP contribution >= 0.6 is 11.6 Å². The topological polar surface area (TPSA) is 98.3 Å². The molecule has 9 heteroatoms. The highest BCUT2D eigenvalue weighted by molar-refractivity contribution is 6.31. The van der Waals surface area contributed by atoms with Crippen molar-refractivity contribution < 1.29 is 9.53 Å². The fraction of sp³-hybridized carbons (Fsp3) is 0.423. The van der Waals surface area contributed by atoms with Gasteiger partial charge in [-0.15, -0.1) is 0 Å². The zero-order chi connectivity index (χ0) is 24.0. The van der Waals surface area contributed by atoms with E-state index in [0.717, 1.165) is 62.1 Å². The van der Waals surface area contributed by atoms with Crippen molar-refractivity contribution in [1.29, 1.82) is 0 Å². The average molecular weight is 493 g/mol. The largest absolute Gasteiger partial charge is 0.485 e. The average Bonchev–Trinajstić information content (AvgIpc) is 3.53. The minimum Gasteiger partial charge on any atom is -0.485 e. The highest BCUT2D eigenvalue weighted by atomic mass is 35.5. The highest BCUT2D eigenvalue weighted by Gasteiger charge is 2.47. The molecule has 3 aliphatic rings. The van der Waals surface area contributed by atoms with Gasteiger partial charge in [0.2, 0.25) is 0 Å². The van der Waals surface area contributed by atoms with Gasteiger partial charge in [-0.05, 0) is 50.3 Å². The fourth-order valence-electron chi connectivity index (χ4n) is 5.36. The lowest BCUT2D eigenvalue weighted by atomic mass is 9.82. The van der Waals surface area contributed by atoms with Crippen LogP contribution in [-0.2, 0) is 18.6 Å². The van der Waals surface area contributed by atoms with E-state index in [9.17, 15) is 4.79 Å². The summed E-state index contributed by atoms with van der Waals surface area (Å²) in [5, 5.41) is 8.70. The number of nitrogen functional groups attached to an aromatic ring is 1. The van der Waals surface area contributed by atoms with Crippen LogP contribution in [0.15, 0.2) is 42.6 Å². The van der Waals surface area contributed by atoms with Gasteiger partial charge in [-0.2, -0.15) is 5.10 Å². The van der Waals surface area contributed by atoms with E-state index in [4.69, 9.17) is 27.2 Å². The number of carbonyl (C=O) groups excluding carboxylic acids is 1. The molecule has 0 radical (unpaired) electrons. The summed E-state index contributed by atoms with van der Waals surface area (Å²) in [6.07, 6.45) is 7.11. The van der Waals surface area contributed by atoms with Crippen LogP contribution in [0.1, 0.15) is 43.4 Å². The number of likely N-dealkylation sites (tertiary alicyclic amines) is 1. The van der Waals surface area contributed by atoms with Crippen LogP contribution in [0, 0.1) is 0 Å². The van der Waals surface area contributed by atoms with E-state index in [1.165, 1.54) is 12.1 Å². The van der Waals surface area contributed by atoms with Crippen LogP contribution in [0.25, 0.3) is 11.3 Å². The molecule has 1 saturated carbocycles. The number of aromatic nitrogens is 3. The smallest absolute Gasteiger partial charge is 0.317 e. The summed E-state index contributed by atoms with van der Waals surface area (Å²) in [5.74, 6) is 0.831. The van der Waals surface area contributed by atoms with Crippen molar-refractivity contribution >= 4 is 23.4 Å².